The fourth-order valence-electron chi connectivity index (χ4n) is 1.39. The number of hydrogen-bond acceptors (Lipinski definition) is 1. The lowest BCUT2D eigenvalue weighted by atomic mass is 10.1. The van der Waals surface area contributed by atoms with Crippen molar-refractivity contribution in [2.45, 2.75) is 24.7 Å². The second kappa shape index (κ2) is 6.15. The molecule has 13 heteroatoms. The van der Waals surface area contributed by atoms with Crippen molar-refractivity contribution in [3.8, 4) is 0 Å². The lowest BCUT2D eigenvalue weighted by Crippen LogP contribution is -2.41. The largest absolute Gasteiger partial charge is 0.465 e. The van der Waals surface area contributed by atoms with E-state index in [9.17, 15) is 52.7 Å². The van der Waals surface area contributed by atoms with E-state index >= 15 is 0 Å². The molecule has 0 aromatic carbocycles. The predicted molar refractivity (Wildman–Crippen MR) is 50.6 cm³/mol. The molecule has 0 aromatic rings. The Balaban J connectivity index is 5.54. The summed E-state index contributed by atoms with van der Waals surface area (Å²) in [5.41, 5.74) is 0. The molecule has 0 amide bonds. The van der Waals surface area contributed by atoms with Crippen LogP contribution in [-0.2, 0) is 4.74 Å². The van der Waals surface area contributed by atoms with E-state index in [0.717, 1.165) is 0 Å². The van der Waals surface area contributed by atoms with E-state index in [1.165, 1.54) is 0 Å². The van der Waals surface area contributed by atoms with Crippen LogP contribution >= 0.6 is 0 Å². The first-order valence-electron chi connectivity index (χ1n) is 5.12. The molecular formula is C10H6F12O. The zero-order valence-corrected chi connectivity index (χ0v) is 10.5. The van der Waals surface area contributed by atoms with Crippen LogP contribution in [0.25, 0.3) is 0 Å². The predicted octanol–water partition coefficient (Wildman–Crippen LogP) is 5.51. The van der Waals surface area contributed by atoms with Gasteiger partial charge in [-0.25, -0.2) is 0 Å². The zero-order chi connectivity index (χ0) is 19.0. The Morgan fingerprint density at radius 1 is 0.522 bits per heavy atom. The van der Waals surface area contributed by atoms with Crippen molar-refractivity contribution in [1.82, 2.24) is 0 Å². The van der Waals surface area contributed by atoms with Crippen molar-refractivity contribution in [1.29, 1.82) is 0 Å². The topological polar surface area (TPSA) is 9.23 Å². The number of rotatable bonds is 4. The maximum Gasteiger partial charge on any atom is 0.407 e. The molecule has 0 rings (SSSR count). The van der Waals surface area contributed by atoms with E-state index in [2.05, 4.69) is 17.9 Å². The Morgan fingerprint density at radius 2 is 0.696 bits per heavy atom. The highest BCUT2D eigenvalue weighted by Crippen LogP contribution is 2.47. The van der Waals surface area contributed by atoms with Crippen LogP contribution < -0.4 is 0 Å². The highest BCUT2D eigenvalue weighted by atomic mass is 19.4. The van der Waals surface area contributed by atoms with Gasteiger partial charge in [-0.15, -0.1) is 0 Å². The molecule has 0 N–H and O–H groups in total. The SMILES string of the molecule is C=C(OC(=C)C(C(F)(F)F)C(F)(F)F)C(C(F)(F)F)C(F)(F)F. The number of halogens is 12. The zero-order valence-electron chi connectivity index (χ0n) is 10.5. The Kier molecular flexibility index (Phi) is 5.73. The van der Waals surface area contributed by atoms with Crippen molar-refractivity contribution >= 4 is 0 Å². The molecule has 0 aromatic heterocycles. The first-order chi connectivity index (χ1) is 9.79. The van der Waals surface area contributed by atoms with Crippen LogP contribution in [0.3, 0.4) is 0 Å². The second-order valence-corrected chi connectivity index (χ2v) is 4.07. The fourth-order valence-corrected chi connectivity index (χ4v) is 1.39. The highest BCUT2D eigenvalue weighted by molar-refractivity contribution is 5.08. The van der Waals surface area contributed by atoms with Gasteiger partial charge in [0.2, 0.25) is 11.8 Å². The van der Waals surface area contributed by atoms with Gasteiger partial charge in [0.05, 0.1) is 0 Å². The van der Waals surface area contributed by atoms with Crippen LogP contribution in [0.15, 0.2) is 24.7 Å². The van der Waals surface area contributed by atoms with E-state index in [1.54, 1.807) is 0 Å². The molecule has 0 saturated heterocycles. The molecule has 0 bridgehead atoms. The minimum absolute atomic E-state index is 2.12. The van der Waals surface area contributed by atoms with E-state index < -0.39 is 48.1 Å². The van der Waals surface area contributed by atoms with Crippen molar-refractivity contribution in [3.05, 3.63) is 24.7 Å². The first kappa shape index (κ1) is 21.4. The molecule has 0 radical (unpaired) electrons. The summed E-state index contributed by atoms with van der Waals surface area (Å²) in [6, 6.07) is 0. The molecular weight excluding hydrogens is 364 g/mol. The molecule has 0 saturated carbocycles. The molecule has 0 fully saturated rings. The summed E-state index contributed by atoms with van der Waals surface area (Å²) >= 11 is 0. The molecule has 23 heavy (non-hydrogen) atoms. The summed E-state index contributed by atoms with van der Waals surface area (Å²) in [7, 11) is 0. The molecule has 0 unspecified atom stereocenters. The average molecular weight is 370 g/mol. The van der Waals surface area contributed by atoms with Crippen LogP contribution in [-0.4, -0.2) is 24.7 Å². The third-order valence-corrected chi connectivity index (χ3v) is 2.22. The summed E-state index contributed by atoms with van der Waals surface area (Å²) in [6.45, 7) is 4.23. The van der Waals surface area contributed by atoms with E-state index in [-0.39, 0.29) is 0 Å². The van der Waals surface area contributed by atoms with Crippen LogP contribution in [0.5, 0.6) is 0 Å². The van der Waals surface area contributed by atoms with Gasteiger partial charge in [0.25, 0.3) is 0 Å². The maximum atomic E-state index is 12.3. The molecule has 0 spiro atoms. The summed E-state index contributed by atoms with van der Waals surface area (Å²) in [5, 5.41) is 0. The summed E-state index contributed by atoms with van der Waals surface area (Å²) in [4.78, 5) is 0. The summed E-state index contributed by atoms with van der Waals surface area (Å²) in [5.74, 6) is -13.8. The van der Waals surface area contributed by atoms with Gasteiger partial charge < -0.3 is 4.74 Å². The van der Waals surface area contributed by atoms with Crippen LogP contribution in [0, 0.1) is 11.8 Å². The van der Waals surface area contributed by atoms with Crippen LogP contribution in [0.2, 0.25) is 0 Å². The standard InChI is InChI=1S/C10H6F12O/c1-3(5(7(11,12)13)8(14,15)16)23-4(2)6(9(17,18)19)10(20,21)22/h5-6H,1-2H2. The Bertz CT molecular complexity index is 378. The summed E-state index contributed by atoms with van der Waals surface area (Å²) < 4.78 is 150. The van der Waals surface area contributed by atoms with Crippen molar-refractivity contribution in [3.63, 3.8) is 0 Å². The lowest BCUT2D eigenvalue weighted by Gasteiger charge is -2.28. The summed E-state index contributed by atoms with van der Waals surface area (Å²) in [6.07, 6.45) is -24.4. The van der Waals surface area contributed by atoms with Crippen molar-refractivity contribution in [2.75, 3.05) is 0 Å². The monoisotopic (exact) mass is 370 g/mol. The number of ether oxygens (including phenoxy) is 1. The average Bonchev–Trinajstić information content (AvgIpc) is 2.04. The molecule has 0 heterocycles. The Morgan fingerprint density at radius 3 is 0.826 bits per heavy atom. The Labute approximate surface area is 120 Å². The lowest BCUT2D eigenvalue weighted by molar-refractivity contribution is -0.287. The second-order valence-electron chi connectivity index (χ2n) is 4.07. The minimum atomic E-state index is -6.10. The van der Waals surface area contributed by atoms with Crippen LogP contribution in [0.4, 0.5) is 52.7 Å². The van der Waals surface area contributed by atoms with Crippen molar-refractivity contribution < 1.29 is 57.4 Å². The molecule has 0 aliphatic rings. The van der Waals surface area contributed by atoms with E-state index in [4.69, 9.17) is 0 Å². The van der Waals surface area contributed by atoms with Crippen molar-refractivity contribution in [2.24, 2.45) is 11.8 Å². The van der Waals surface area contributed by atoms with Gasteiger partial charge in [0.15, 0.2) is 0 Å². The highest BCUT2D eigenvalue weighted by Gasteiger charge is 2.62. The number of hydrogen-bond donors (Lipinski definition) is 0. The van der Waals surface area contributed by atoms with Crippen LogP contribution in [0.1, 0.15) is 0 Å². The number of allylic oxidation sites excluding steroid dienone is 2. The third-order valence-electron chi connectivity index (χ3n) is 2.22. The quantitative estimate of drug-likeness (QED) is 0.468. The van der Waals surface area contributed by atoms with Gasteiger partial charge in [-0.2, -0.15) is 52.7 Å². The Hall–Kier alpha value is -1.56. The fraction of sp³-hybridized carbons (Fsp3) is 0.600. The van der Waals surface area contributed by atoms with Gasteiger partial charge in [-0.3, -0.25) is 0 Å². The van der Waals surface area contributed by atoms with E-state index in [1.807, 2.05) is 0 Å². The van der Waals surface area contributed by atoms with Gasteiger partial charge in [-0.1, -0.05) is 13.2 Å². The smallest absolute Gasteiger partial charge is 0.407 e. The molecule has 0 atom stereocenters. The normalized spacial score (nSPS) is 14.3. The van der Waals surface area contributed by atoms with Gasteiger partial charge in [0.1, 0.15) is 11.5 Å². The molecule has 0 aliphatic heterocycles. The third kappa shape index (κ3) is 5.86. The first-order valence-corrected chi connectivity index (χ1v) is 5.12. The molecule has 1 nitrogen and oxygen atoms in total. The number of alkyl halides is 12. The molecule has 136 valence electrons. The van der Waals surface area contributed by atoms with Gasteiger partial charge in [0, 0.05) is 0 Å². The van der Waals surface area contributed by atoms with Gasteiger partial charge >= 0.3 is 24.7 Å². The maximum absolute atomic E-state index is 12.3. The minimum Gasteiger partial charge on any atom is -0.465 e. The van der Waals surface area contributed by atoms with E-state index in [0.29, 0.717) is 0 Å². The molecule has 0 aliphatic carbocycles. The van der Waals surface area contributed by atoms with Gasteiger partial charge in [-0.05, 0) is 0 Å².